The Morgan fingerprint density at radius 1 is 1.35 bits per heavy atom. The van der Waals surface area contributed by atoms with Crippen LogP contribution < -0.4 is 0 Å². The molecule has 0 spiro atoms. The Morgan fingerprint density at radius 3 is 2.60 bits per heavy atom. The molecule has 0 atom stereocenters. The Balaban J connectivity index is 2.06. The predicted molar refractivity (Wildman–Crippen MR) is 78.4 cm³/mol. The average Bonchev–Trinajstić information content (AvgIpc) is 2.41. The Bertz CT molecular complexity index is 501. The van der Waals surface area contributed by atoms with Crippen LogP contribution in [0.15, 0.2) is 18.2 Å². The molecular formula is C14H17Cl2NO3. The van der Waals surface area contributed by atoms with E-state index in [4.69, 9.17) is 27.9 Å². The van der Waals surface area contributed by atoms with E-state index in [0.29, 0.717) is 41.7 Å². The first kappa shape index (κ1) is 15.6. The third-order valence-electron chi connectivity index (χ3n) is 3.47. The van der Waals surface area contributed by atoms with E-state index < -0.39 is 5.60 Å². The normalized spacial score (nSPS) is 17.8. The Morgan fingerprint density at radius 2 is 2.00 bits per heavy atom. The molecule has 1 heterocycles. The third kappa shape index (κ3) is 3.64. The summed E-state index contributed by atoms with van der Waals surface area (Å²) >= 11 is 11.7. The van der Waals surface area contributed by atoms with Crippen molar-refractivity contribution < 1.29 is 14.6 Å². The SMILES string of the molecule is CN(CC1(O)CCOCC1)C(=O)c1ccc(Cl)c(Cl)c1. The summed E-state index contributed by atoms with van der Waals surface area (Å²) in [6.45, 7) is 1.31. The van der Waals surface area contributed by atoms with Gasteiger partial charge in [-0.1, -0.05) is 23.2 Å². The lowest BCUT2D eigenvalue weighted by atomic mass is 9.94. The minimum Gasteiger partial charge on any atom is -0.388 e. The maximum atomic E-state index is 12.3. The number of carbonyl (C=O) groups excluding carboxylic acids is 1. The molecule has 1 aliphatic rings. The standard InChI is InChI=1S/C14H17Cl2NO3/c1-17(9-14(19)4-6-20-7-5-14)13(18)10-2-3-11(15)12(16)8-10/h2-3,8,19H,4-7,9H2,1H3. The molecule has 1 saturated heterocycles. The smallest absolute Gasteiger partial charge is 0.253 e. The molecule has 4 nitrogen and oxygen atoms in total. The lowest BCUT2D eigenvalue weighted by Crippen LogP contribution is -2.47. The van der Waals surface area contributed by atoms with Crippen LogP contribution in [0.5, 0.6) is 0 Å². The van der Waals surface area contributed by atoms with E-state index in [-0.39, 0.29) is 12.5 Å². The molecular weight excluding hydrogens is 301 g/mol. The second-order valence-electron chi connectivity index (χ2n) is 5.13. The van der Waals surface area contributed by atoms with Crippen molar-refractivity contribution in [3.63, 3.8) is 0 Å². The van der Waals surface area contributed by atoms with Crippen molar-refractivity contribution in [2.24, 2.45) is 0 Å². The van der Waals surface area contributed by atoms with Gasteiger partial charge in [-0.05, 0) is 18.2 Å². The highest BCUT2D eigenvalue weighted by Gasteiger charge is 2.32. The number of nitrogens with zero attached hydrogens (tertiary/aromatic N) is 1. The van der Waals surface area contributed by atoms with Crippen LogP contribution in [0, 0.1) is 0 Å². The topological polar surface area (TPSA) is 49.8 Å². The zero-order chi connectivity index (χ0) is 14.8. The van der Waals surface area contributed by atoms with Crippen LogP contribution in [-0.4, -0.2) is 48.3 Å². The lowest BCUT2D eigenvalue weighted by Gasteiger charge is -2.35. The highest BCUT2D eigenvalue weighted by Crippen LogP contribution is 2.25. The van der Waals surface area contributed by atoms with Crippen molar-refractivity contribution in [1.82, 2.24) is 4.90 Å². The summed E-state index contributed by atoms with van der Waals surface area (Å²) in [6, 6.07) is 4.76. The van der Waals surface area contributed by atoms with Gasteiger partial charge in [-0.2, -0.15) is 0 Å². The zero-order valence-corrected chi connectivity index (χ0v) is 12.7. The highest BCUT2D eigenvalue weighted by atomic mass is 35.5. The number of likely N-dealkylation sites (N-methyl/N-ethyl adjacent to an activating group) is 1. The molecule has 0 aromatic heterocycles. The molecule has 0 bridgehead atoms. The fourth-order valence-corrected chi connectivity index (χ4v) is 2.57. The molecule has 1 fully saturated rings. The van der Waals surface area contributed by atoms with E-state index >= 15 is 0 Å². The summed E-state index contributed by atoms with van der Waals surface area (Å²) in [6.07, 6.45) is 1.07. The second-order valence-corrected chi connectivity index (χ2v) is 5.94. The summed E-state index contributed by atoms with van der Waals surface area (Å²) in [5.41, 5.74) is -0.420. The molecule has 2 rings (SSSR count). The quantitative estimate of drug-likeness (QED) is 0.932. The third-order valence-corrected chi connectivity index (χ3v) is 4.21. The van der Waals surface area contributed by atoms with Crippen molar-refractivity contribution in [1.29, 1.82) is 0 Å². The van der Waals surface area contributed by atoms with Gasteiger partial charge in [0.15, 0.2) is 0 Å². The van der Waals surface area contributed by atoms with Crippen LogP contribution in [0.2, 0.25) is 10.0 Å². The van der Waals surface area contributed by atoms with Crippen molar-refractivity contribution in [3.8, 4) is 0 Å². The molecule has 1 N–H and O–H groups in total. The van der Waals surface area contributed by atoms with Crippen molar-refractivity contribution in [2.75, 3.05) is 26.8 Å². The Kier molecular flexibility index (Phi) is 4.91. The highest BCUT2D eigenvalue weighted by molar-refractivity contribution is 6.42. The average molecular weight is 318 g/mol. The molecule has 110 valence electrons. The number of hydrogen-bond donors (Lipinski definition) is 1. The Labute approximate surface area is 128 Å². The van der Waals surface area contributed by atoms with Crippen molar-refractivity contribution in [3.05, 3.63) is 33.8 Å². The van der Waals surface area contributed by atoms with Crippen LogP contribution in [0.3, 0.4) is 0 Å². The predicted octanol–water partition coefficient (Wildman–Crippen LogP) is 2.61. The molecule has 1 aliphatic heterocycles. The largest absolute Gasteiger partial charge is 0.388 e. The van der Waals surface area contributed by atoms with E-state index in [1.807, 2.05) is 0 Å². The molecule has 1 amide bonds. The second kappa shape index (κ2) is 6.31. The van der Waals surface area contributed by atoms with Gasteiger partial charge in [0.2, 0.25) is 0 Å². The number of carbonyl (C=O) groups is 1. The number of rotatable bonds is 3. The molecule has 0 radical (unpaired) electrons. The van der Waals surface area contributed by atoms with E-state index in [2.05, 4.69) is 0 Å². The minimum atomic E-state index is -0.876. The monoisotopic (exact) mass is 317 g/mol. The molecule has 6 heteroatoms. The summed E-state index contributed by atoms with van der Waals surface area (Å²) in [4.78, 5) is 13.8. The zero-order valence-electron chi connectivity index (χ0n) is 11.2. The van der Waals surface area contributed by atoms with Gasteiger partial charge in [0.25, 0.3) is 5.91 Å². The van der Waals surface area contributed by atoms with Crippen LogP contribution in [0.1, 0.15) is 23.2 Å². The van der Waals surface area contributed by atoms with Gasteiger partial charge in [0.05, 0.1) is 15.6 Å². The van der Waals surface area contributed by atoms with E-state index in [9.17, 15) is 9.90 Å². The fourth-order valence-electron chi connectivity index (χ4n) is 2.27. The molecule has 20 heavy (non-hydrogen) atoms. The van der Waals surface area contributed by atoms with Crippen LogP contribution in [0.4, 0.5) is 0 Å². The molecule has 0 saturated carbocycles. The van der Waals surface area contributed by atoms with E-state index in [0.717, 1.165) is 0 Å². The summed E-state index contributed by atoms with van der Waals surface area (Å²) in [5.74, 6) is -0.191. The molecule has 0 unspecified atom stereocenters. The van der Waals surface area contributed by atoms with Crippen molar-refractivity contribution >= 4 is 29.1 Å². The lowest BCUT2D eigenvalue weighted by molar-refractivity contribution is -0.0734. The maximum Gasteiger partial charge on any atom is 0.253 e. The van der Waals surface area contributed by atoms with Gasteiger partial charge in [0, 0.05) is 45.2 Å². The van der Waals surface area contributed by atoms with Gasteiger partial charge in [-0.15, -0.1) is 0 Å². The molecule has 0 aliphatic carbocycles. The van der Waals surface area contributed by atoms with Crippen LogP contribution >= 0.6 is 23.2 Å². The summed E-state index contributed by atoms with van der Waals surface area (Å²) in [7, 11) is 1.66. The van der Waals surface area contributed by atoms with E-state index in [1.54, 1.807) is 19.2 Å². The maximum absolute atomic E-state index is 12.3. The van der Waals surface area contributed by atoms with Crippen LogP contribution in [0.25, 0.3) is 0 Å². The first-order chi connectivity index (χ1) is 9.41. The van der Waals surface area contributed by atoms with Gasteiger partial charge in [-0.25, -0.2) is 0 Å². The van der Waals surface area contributed by atoms with Gasteiger partial charge >= 0.3 is 0 Å². The summed E-state index contributed by atoms with van der Waals surface area (Å²) in [5, 5.41) is 11.2. The number of aliphatic hydroxyl groups is 1. The Hall–Kier alpha value is -0.810. The number of benzene rings is 1. The first-order valence-electron chi connectivity index (χ1n) is 6.42. The number of ether oxygens (including phenoxy) is 1. The minimum absolute atomic E-state index is 0.191. The first-order valence-corrected chi connectivity index (χ1v) is 7.17. The molecule has 1 aromatic rings. The number of amides is 1. The van der Waals surface area contributed by atoms with Crippen LogP contribution in [-0.2, 0) is 4.74 Å². The van der Waals surface area contributed by atoms with E-state index in [1.165, 1.54) is 11.0 Å². The van der Waals surface area contributed by atoms with Crippen molar-refractivity contribution in [2.45, 2.75) is 18.4 Å². The van der Waals surface area contributed by atoms with Gasteiger partial charge in [0.1, 0.15) is 0 Å². The number of hydrogen-bond acceptors (Lipinski definition) is 3. The van der Waals surface area contributed by atoms with Gasteiger partial charge in [-0.3, -0.25) is 4.79 Å². The number of halogens is 2. The summed E-state index contributed by atoms with van der Waals surface area (Å²) < 4.78 is 5.22. The molecule has 1 aromatic carbocycles. The fraction of sp³-hybridized carbons (Fsp3) is 0.500. The van der Waals surface area contributed by atoms with Gasteiger partial charge < -0.3 is 14.7 Å².